The minimum Gasteiger partial charge on any atom is -0.283 e. The number of aryl methyl sites for hydroxylation is 2. The van der Waals surface area contributed by atoms with Crippen LogP contribution in [0.3, 0.4) is 0 Å². The summed E-state index contributed by atoms with van der Waals surface area (Å²) in [4.78, 5) is 7.61. The molecule has 3 rings (SSSR count). The van der Waals surface area contributed by atoms with Gasteiger partial charge in [-0.25, -0.2) is 8.42 Å². The molecule has 28 heavy (non-hydrogen) atoms. The van der Waals surface area contributed by atoms with Gasteiger partial charge < -0.3 is 0 Å². The summed E-state index contributed by atoms with van der Waals surface area (Å²) in [7, 11) is -3.83. The summed E-state index contributed by atoms with van der Waals surface area (Å²) >= 11 is 1.23. The number of nitriles is 1. The molecular formula is C20H17N3O3S2. The van der Waals surface area contributed by atoms with Gasteiger partial charge in [0.2, 0.25) is 0 Å². The summed E-state index contributed by atoms with van der Waals surface area (Å²) in [5.74, 6) is 0. The average Bonchev–Trinajstić information content (AvgIpc) is 3.13. The fourth-order valence-electron chi connectivity index (χ4n) is 2.49. The van der Waals surface area contributed by atoms with Crippen LogP contribution in [0.4, 0.5) is 0 Å². The molecule has 1 N–H and O–H groups in total. The topological polar surface area (TPSA) is 91.6 Å². The molecule has 0 atom stereocenters. The van der Waals surface area contributed by atoms with E-state index in [4.69, 9.17) is 4.94 Å². The third-order valence-electron chi connectivity index (χ3n) is 3.98. The van der Waals surface area contributed by atoms with Crippen LogP contribution in [0.15, 0.2) is 75.6 Å². The maximum atomic E-state index is 12.2. The Morgan fingerprint density at radius 3 is 2.50 bits per heavy atom. The minimum atomic E-state index is -3.83. The zero-order valence-corrected chi connectivity index (χ0v) is 16.8. The van der Waals surface area contributed by atoms with E-state index in [-0.39, 0.29) is 4.90 Å². The molecule has 0 bridgehead atoms. The molecule has 0 amide bonds. The number of rotatable bonds is 5. The second-order valence-corrected chi connectivity index (χ2v) is 8.73. The molecule has 2 aromatic rings. The molecule has 0 unspecified atom stereocenters. The smallest absolute Gasteiger partial charge is 0.273 e. The van der Waals surface area contributed by atoms with Crippen molar-refractivity contribution in [3.8, 4) is 6.07 Å². The Morgan fingerprint density at radius 2 is 1.82 bits per heavy atom. The summed E-state index contributed by atoms with van der Waals surface area (Å²) in [5, 5.41) is 13.8. The fraction of sp³-hybridized carbons (Fsp3) is 0.100. The maximum absolute atomic E-state index is 12.2. The second-order valence-electron chi connectivity index (χ2n) is 6.02. The molecular weight excluding hydrogens is 394 g/mol. The first-order valence-corrected chi connectivity index (χ1v) is 10.6. The summed E-state index contributed by atoms with van der Waals surface area (Å²) in [6.45, 7) is 3.81. The van der Waals surface area contributed by atoms with Crippen molar-refractivity contribution < 1.29 is 13.4 Å². The number of hydrogen-bond donors (Lipinski definition) is 1. The van der Waals surface area contributed by atoms with E-state index in [9.17, 15) is 13.7 Å². The van der Waals surface area contributed by atoms with Gasteiger partial charge in [0.15, 0.2) is 0 Å². The van der Waals surface area contributed by atoms with Crippen molar-refractivity contribution in [2.45, 2.75) is 18.7 Å². The van der Waals surface area contributed by atoms with Crippen LogP contribution in [-0.4, -0.2) is 13.5 Å². The Balaban J connectivity index is 1.71. The quantitative estimate of drug-likeness (QED) is 0.592. The number of oxime groups is 1. The van der Waals surface area contributed by atoms with Gasteiger partial charge in [0, 0.05) is 4.91 Å². The van der Waals surface area contributed by atoms with Gasteiger partial charge >= 0.3 is 0 Å². The number of allylic oxidation sites excluding steroid dienone is 2. The zero-order chi connectivity index (χ0) is 20.1. The summed E-state index contributed by atoms with van der Waals surface area (Å²) in [5.41, 5.74) is 3.33. The minimum absolute atomic E-state index is 0.0832. The molecule has 1 aliphatic heterocycles. The highest BCUT2D eigenvalue weighted by atomic mass is 32.2. The number of sulfonamides is 1. The molecule has 142 valence electrons. The highest BCUT2D eigenvalue weighted by Gasteiger charge is 2.18. The fourth-order valence-corrected chi connectivity index (χ4v) is 4.05. The Kier molecular flexibility index (Phi) is 5.99. The first-order valence-electron chi connectivity index (χ1n) is 8.29. The standard InChI is InChI=1S/C20H17N3O3S2/c1-14-7-9-16(10-8-14)28(24,25)23-26-22-20-12-11-19(27-20)18(13-21)17-6-4-3-5-15(17)2/h3-12,23H,1-2H3. The Labute approximate surface area is 168 Å². The molecule has 0 aromatic heterocycles. The number of benzene rings is 2. The lowest BCUT2D eigenvalue weighted by atomic mass is 10.0. The second kappa shape index (κ2) is 8.44. The Hall–Kier alpha value is -2.86. The molecule has 2 aromatic carbocycles. The molecule has 0 saturated heterocycles. The van der Waals surface area contributed by atoms with Crippen molar-refractivity contribution in [3.63, 3.8) is 0 Å². The van der Waals surface area contributed by atoms with E-state index in [1.807, 2.05) is 43.0 Å². The van der Waals surface area contributed by atoms with E-state index in [1.54, 1.807) is 24.3 Å². The molecule has 1 heterocycles. The van der Waals surface area contributed by atoms with Gasteiger partial charge in [-0.2, -0.15) is 5.26 Å². The van der Waals surface area contributed by atoms with E-state index < -0.39 is 10.0 Å². The summed E-state index contributed by atoms with van der Waals surface area (Å²) in [6.07, 6.45) is 3.42. The van der Waals surface area contributed by atoms with E-state index in [2.05, 4.69) is 11.2 Å². The van der Waals surface area contributed by atoms with Gasteiger partial charge in [0.25, 0.3) is 10.0 Å². The van der Waals surface area contributed by atoms with Gasteiger partial charge in [-0.15, -0.1) is 0 Å². The van der Waals surface area contributed by atoms with Crippen molar-refractivity contribution in [2.24, 2.45) is 5.16 Å². The van der Waals surface area contributed by atoms with E-state index in [0.717, 1.165) is 21.6 Å². The predicted octanol–water partition coefficient (Wildman–Crippen LogP) is 4.06. The Bertz CT molecular complexity index is 1130. The molecule has 8 heteroatoms. The molecule has 0 radical (unpaired) electrons. The molecule has 0 fully saturated rings. The normalized spacial score (nSPS) is 16.8. The third kappa shape index (κ3) is 4.51. The van der Waals surface area contributed by atoms with Crippen molar-refractivity contribution in [2.75, 3.05) is 0 Å². The van der Waals surface area contributed by atoms with Gasteiger partial charge in [-0.1, -0.05) is 58.9 Å². The Morgan fingerprint density at radius 1 is 1.11 bits per heavy atom. The van der Waals surface area contributed by atoms with E-state index >= 15 is 0 Å². The van der Waals surface area contributed by atoms with Crippen LogP contribution >= 0.6 is 11.8 Å². The van der Waals surface area contributed by atoms with E-state index in [0.29, 0.717) is 10.6 Å². The molecule has 0 saturated carbocycles. The van der Waals surface area contributed by atoms with Crippen LogP contribution in [0.5, 0.6) is 0 Å². The SMILES string of the molecule is Cc1ccc(S(=O)(=O)NON=C2C=CC(=C(C#N)c3ccccc3C)S2)cc1. The summed E-state index contributed by atoms with van der Waals surface area (Å²) < 4.78 is 24.4. The van der Waals surface area contributed by atoms with E-state index in [1.165, 1.54) is 23.9 Å². The lowest BCUT2D eigenvalue weighted by Gasteiger charge is -2.06. The molecule has 1 aliphatic rings. The van der Waals surface area contributed by atoms with Crippen LogP contribution in [0.25, 0.3) is 5.57 Å². The van der Waals surface area contributed by atoms with Gasteiger partial charge in [0.1, 0.15) is 11.1 Å². The van der Waals surface area contributed by atoms with Gasteiger partial charge in [-0.3, -0.25) is 4.94 Å². The summed E-state index contributed by atoms with van der Waals surface area (Å²) in [6, 6.07) is 16.2. The average molecular weight is 412 g/mol. The first-order chi connectivity index (χ1) is 13.4. The highest BCUT2D eigenvalue weighted by Crippen LogP contribution is 2.34. The van der Waals surface area contributed by atoms with Crippen LogP contribution in [-0.2, 0) is 15.0 Å². The molecule has 0 spiro atoms. The molecule has 6 nitrogen and oxygen atoms in total. The number of nitrogens with one attached hydrogen (secondary N) is 1. The first kappa shape index (κ1) is 19.9. The van der Waals surface area contributed by atoms with Gasteiger partial charge in [-0.05, 0) is 54.1 Å². The van der Waals surface area contributed by atoms with Crippen LogP contribution in [0.2, 0.25) is 0 Å². The number of thioether (sulfide) groups is 1. The predicted molar refractivity (Wildman–Crippen MR) is 110 cm³/mol. The zero-order valence-electron chi connectivity index (χ0n) is 15.2. The monoisotopic (exact) mass is 411 g/mol. The molecule has 0 aliphatic carbocycles. The van der Waals surface area contributed by atoms with Crippen molar-refractivity contribution >= 4 is 32.4 Å². The number of nitrogens with zero attached hydrogens (tertiary/aromatic N) is 2. The van der Waals surface area contributed by atoms with Crippen molar-refractivity contribution in [3.05, 3.63) is 82.3 Å². The van der Waals surface area contributed by atoms with Crippen LogP contribution in [0.1, 0.15) is 16.7 Å². The third-order valence-corrected chi connectivity index (χ3v) is 6.14. The van der Waals surface area contributed by atoms with Crippen molar-refractivity contribution in [1.29, 1.82) is 5.26 Å². The van der Waals surface area contributed by atoms with Crippen LogP contribution < -0.4 is 4.89 Å². The lowest BCUT2D eigenvalue weighted by molar-refractivity contribution is 0.103. The largest absolute Gasteiger partial charge is 0.283 e. The van der Waals surface area contributed by atoms with Gasteiger partial charge in [0.05, 0.1) is 10.5 Å². The number of hydrogen-bond acceptors (Lipinski definition) is 6. The maximum Gasteiger partial charge on any atom is 0.273 e. The lowest BCUT2D eigenvalue weighted by Crippen LogP contribution is -2.22. The van der Waals surface area contributed by atoms with Crippen LogP contribution in [0, 0.1) is 25.2 Å². The van der Waals surface area contributed by atoms with Crippen molar-refractivity contribution in [1.82, 2.24) is 4.89 Å². The highest BCUT2D eigenvalue weighted by molar-refractivity contribution is 8.18.